The number of rotatable bonds is 6. The Kier molecular flexibility index (Phi) is 5.46. The topological polar surface area (TPSA) is 71.3 Å². The van der Waals surface area contributed by atoms with Gasteiger partial charge in [0.2, 0.25) is 10.0 Å². The molecule has 5 nitrogen and oxygen atoms in total. The van der Waals surface area contributed by atoms with Crippen LogP contribution in [-0.2, 0) is 16.6 Å². The van der Waals surface area contributed by atoms with Crippen molar-refractivity contribution in [2.45, 2.75) is 63.9 Å². The molecule has 21 heavy (non-hydrogen) atoms. The Morgan fingerprint density at radius 3 is 2.71 bits per heavy atom. The van der Waals surface area contributed by atoms with Crippen molar-refractivity contribution in [3.8, 4) is 0 Å². The van der Waals surface area contributed by atoms with Gasteiger partial charge in [-0.05, 0) is 32.2 Å². The van der Waals surface area contributed by atoms with Gasteiger partial charge < -0.3 is 9.73 Å². The van der Waals surface area contributed by atoms with Crippen molar-refractivity contribution < 1.29 is 12.8 Å². The maximum atomic E-state index is 12.6. The molecule has 0 amide bonds. The molecule has 1 saturated carbocycles. The van der Waals surface area contributed by atoms with E-state index in [-0.39, 0.29) is 10.9 Å². The van der Waals surface area contributed by atoms with E-state index in [9.17, 15) is 8.42 Å². The fraction of sp³-hybridized carbons (Fsp3) is 0.733. The van der Waals surface area contributed by atoms with Crippen molar-refractivity contribution in [1.29, 1.82) is 0 Å². The van der Waals surface area contributed by atoms with E-state index in [1.165, 1.54) is 6.42 Å². The molecule has 120 valence electrons. The first-order chi connectivity index (χ1) is 9.94. The van der Waals surface area contributed by atoms with Crippen molar-refractivity contribution in [2.24, 2.45) is 5.92 Å². The van der Waals surface area contributed by atoms with E-state index in [2.05, 4.69) is 17.0 Å². The number of sulfonamides is 1. The van der Waals surface area contributed by atoms with Gasteiger partial charge in [-0.25, -0.2) is 13.1 Å². The Balaban J connectivity index is 2.13. The number of aryl methyl sites for hydroxylation is 1. The molecule has 6 heteroatoms. The molecule has 0 radical (unpaired) electrons. The van der Waals surface area contributed by atoms with Crippen molar-refractivity contribution in [1.82, 2.24) is 10.0 Å². The summed E-state index contributed by atoms with van der Waals surface area (Å²) < 4.78 is 33.5. The Labute approximate surface area is 127 Å². The van der Waals surface area contributed by atoms with Crippen LogP contribution < -0.4 is 10.0 Å². The third-order valence-electron chi connectivity index (χ3n) is 4.18. The molecule has 0 spiro atoms. The molecular formula is C15H26N2O3S. The minimum absolute atomic E-state index is 0.0373. The van der Waals surface area contributed by atoms with Gasteiger partial charge in [-0.1, -0.05) is 26.7 Å². The van der Waals surface area contributed by atoms with Crippen LogP contribution in [0.5, 0.6) is 0 Å². The second-order valence-electron chi connectivity index (χ2n) is 5.90. The maximum Gasteiger partial charge on any atom is 0.244 e. The Morgan fingerprint density at radius 1 is 1.33 bits per heavy atom. The molecule has 2 atom stereocenters. The minimum atomic E-state index is -3.50. The van der Waals surface area contributed by atoms with Crippen molar-refractivity contribution >= 4 is 10.0 Å². The molecule has 1 heterocycles. The number of furan rings is 1. The third kappa shape index (κ3) is 4.08. The molecule has 1 fully saturated rings. The van der Waals surface area contributed by atoms with E-state index in [4.69, 9.17) is 4.42 Å². The average Bonchev–Trinajstić information content (AvgIpc) is 2.81. The lowest BCUT2D eigenvalue weighted by Gasteiger charge is -2.29. The summed E-state index contributed by atoms with van der Waals surface area (Å²) in [6.45, 7) is 7.19. The molecule has 1 aromatic heterocycles. The highest BCUT2D eigenvalue weighted by Gasteiger charge is 2.29. The van der Waals surface area contributed by atoms with E-state index in [0.29, 0.717) is 24.0 Å². The lowest BCUT2D eigenvalue weighted by atomic mass is 9.87. The fourth-order valence-corrected chi connectivity index (χ4v) is 4.46. The monoisotopic (exact) mass is 314 g/mol. The second-order valence-corrected chi connectivity index (χ2v) is 7.59. The van der Waals surface area contributed by atoms with Gasteiger partial charge in [-0.2, -0.15) is 0 Å². The van der Waals surface area contributed by atoms with E-state index < -0.39 is 10.0 Å². The van der Waals surface area contributed by atoms with Gasteiger partial charge in [0.15, 0.2) is 0 Å². The highest BCUT2D eigenvalue weighted by Crippen LogP contribution is 2.27. The summed E-state index contributed by atoms with van der Waals surface area (Å²) in [4.78, 5) is 0.271. The molecule has 1 aliphatic rings. The smallest absolute Gasteiger partial charge is 0.244 e. The summed E-state index contributed by atoms with van der Waals surface area (Å²) in [7, 11) is -3.50. The van der Waals surface area contributed by atoms with E-state index in [0.717, 1.165) is 25.8 Å². The zero-order valence-corrected chi connectivity index (χ0v) is 13.9. The minimum Gasteiger partial charge on any atom is -0.464 e. The second kappa shape index (κ2) is 6.94. The number of nitrogens with one attached hydrogen (secondary N) is 2. The largest absolute Gasteiger partial charge is 0.464 e. The van der Waals surface area contributed by atoms with Crippen molar-refractivity contribution in [2.75, 3.05) is 6.54 Å². The van der Waals surface area contributed by atoms with E-state index >= 15 is 0 Å². The van der Waals surface area contributed by atoms with Crippen LogP contribution in [-0.4, -0.2) is 21.0 Å². The summed E-state index contributed by atoms with van der Waals surface area (Å²) >= 11 is 0. The summed E-state index contributed by atoms with van der Waals surface area (Å²) in [5.41, 5.74) is 0. The zero-order chi connectivity index (χ0) is 15.5. The number of hydrogen-bond acceptors (Lipinski definition) is 4. The van der Waals surface area contributed by atoms with Gasteiger partial charge in [0, 0.05) is 12.1 Å². The molecule has 1 aromatic rings. The maximum absolute atomic E-state index is 12.6. The van der Waals surface area contributed by atoms with Crippen LogP contribution in [0.3, 0.4) is 0 Å². The Morgan fingerprint density at radius 2 is 2.05 bits per heavy atom. The Bertz CT molecular complexity index is 565. The van der Waals surface area contributed by atoms with Crippen LogP contribution in [0.25, 0.3) is 0 Å². The standard InChI is InChI=1S/C15H26N2O3S/c1-4-16-10-13-9-15(12(3)20-13)21(18,19)17-14-8-6-5-7-11(14)2/h9,11,14,16-17H,4-8,10H2,1-3H3. The molecule has 0 aliphatic heterocycles. The molecule has 0 saturated heterocycles. The Hall–Kier alpha value is -0.850. The average molecular weight is 314 g/mol. The van der Waals surface area contributed by atoms with E-state index in [1.807, 2.05) is 6.92 Å². The molecule has 1 aliphatic carbocycles. The first-order valence-electron chi connectivity index (χ1n) is 7.76. The van der Waals surface area contributed by atoms with Crippen molar-refractivity contribution in [3.05, 3.63) is 17.6 Å². The summed E-state index contributed by atoms with van der Waals surface area (Å²) in [5, 5.41) is 3.14. The van der Waals surface area contributed by atoms with Crippen LogP contribution in [0, 0.1) is 12.8 Å². The summed E-state index contributed by atoms with van der Waals surface area (Å²) in [5.74, 6) is 1.51. The molecule has 2 unspecified atom stereocenters. The zero-order valence-electron chi connectivity index (χ0n) is 13.1. The van der Waals surface area contributed by atoms with Crippen LogP contribution in [0.2, 0.25) is 0 Å². The summed E-state index contributed by atoms with van der Waals surface area (Å²) in [6.07, 6.45) is 4.29. The fourth-order valence-electron chi connectivity index (χ4n) is 2.88. The highest BCUT2D eigenvalue weighted by atomic mass is 32.2. The lowest BCUT2D eigenvalue weighted by Crippen LogP contribution is -2.41. The number of hydrogen-bond donors (Lipinski definition) is 2. The van der Waals surface area contributed by atoms with Gasteiger partial charge >= 0.3 is 0 Å². The molecule has 2 N–H and O–H groups in total. The van der Waals surface area contributed by atoms with Gasteiger partial charge in [-0.3, -0.25) is 0 Å². The normalized spacial score (nSPS) is 23.4. The molecule has 2 rings (SSSR count). The molecule has 0 bridgehead atoms. The predicted molar refractivity (Wildman–Crippen MR) is 82.6 cm³/mol. The SMILES string of the molecule is CCNCc1cc(S(=O)(=O)NC2CCCCC2C)c(C)o1. The van der Waals surface area contributed by atoms with Crippen LogP contribution in [0.1, 0.15) is 51.1 Å². The van der Waals surface area contributed by atoms with E-state index in [1.54, 1.807) is 13.0 Å². The van der Waals surface area contributed by atoms with Gasteiger partial charge in [-0.15, -0.1) is 0 Å². The first-order valence-corrected chi connectivity index (χ1v) is 9.24. The van der Waals surface area contributed by atoms with Gasteiger partial charge in [0.1, 0.15) is 16.4 Å². The van der Waals surface area contributed by atoms with Crippen LogP contribution in [0.15, 0.2) is 15.4 Å². The highest BCUT2D eigenvalue weighted by molar-refractivity contribution is 7.89. The molecule has 0 aromatic carbocycles. The van der Waals surface area contributed by atoms with Crippen LogP contribution >= 0.6 is 0 Å². The van der Waals surface area contributed by atoms with Gasteiger partial charge in [0.05, 0.1) is 6.54 Å². The lowest BCUT2D eigenvalue weighted by molar-refractivity contribution is 0.310. The quantitative estimate of drug-likeness (QED) is 0.846. The van der Waals surface area contributed by atoms with Gasteiger partial charge in [0.25, 0.3) is 0 Å². The third-order valence-corrected chi connectivity index (χ3v) is 5.78. The summed E-state index contributed by atoms with van der Waals surface area (Å²) in [6, 6.07) is 1.67. The first kappa shape index (κ1) is 16.5. The molecular weight excluding hydrogens is 288 g/mol. The van der Waals surface area contributed by atoms with Crippen molar-refractivity contribution in [3.63, 3.8) is 0 Å². The van der Waals surface area contributed by atoms with Crippen LogP contribution in [0.4, 0.5) is 0 Å². The predicted octanol–water partition coefficient (Wildman–Crippen LogP) is 2.55.